The zero-order chi connectivity index (χ0) is 10.3. The second-order valence-corrected chi connectivity index (χ2v) is 6.06. The van der Waals surface area contributed by atoms with Crippen molar-refractivity contribution in [2.24, 2.45) is 0 Å². The van der Waals surface area contributed by atoms with Gasteiger partial charge in [0.2, 0.25) is 0 Å². The molecule has 2 aliphatic rings. The van der Waals surface area contributed by atoms with Crippen molar-refractivity contribution in [1.82, 2.24) is 0 Å². The van der Waals surface area contributed by atoms with Crippen LogP contribution in [-0.2, 0) is 11.8 Å². The van der Waals surface area contributed by atoms with Crippen LogP contribution >= 0.6 is 15.9 Å². The van der Waals surface area contributed by atoms with E-state index in [4.69, 9.17) is 0 Å². The first-order valence-electron chi connectivity index (χ1n) is 6.09. The molecule has 2 aliphatic carbocycles. The predicted molar refractivity (Wildman–Crippen MR) is 67.2 cm³/mol. The molecule has 0 radical (unpaired) electrons. The molecule has 1 saturated carbocycles. The highest BCUT2D eigenvalue weighted by Crippen LogP contribution is 2.49. The maximum atomic E-state index is 3.58. The number of benzene rings is 1. The number of rotatable bonds is 0. The van der Waals surface area contributed by atoms with Gasteiger partial charge in [0, 0.05) is 4.47 Å². The quantitative estimate of drug-likeness (QED) is 0.643. The average Bonchev–Trinajstić information content (AvgIpc) is 2.58. The van der Waals surface area contributed by atoms with Crippen molar-refractivity contribution < 1.29 is 0 Å². The Hall–Kier alpha value is -0.300. The summed E-state index contributed by atoms with van der Waals surface area (Å²) in [6.45, 7) is 0. The Morgan fingerprint density at radius 3 is 2.60 bits per heavy atom. The van der Waals surface area contributed by atoms with Crippen LogP contribution in [0.25, 0.3) is 0 Å². The monoisotopic (exact) mass is 264 g/mol. The molecule has 0 unspecified atom stereocenters. The van der Waals surface area contributed by atoms with E-state index < -0.39 is 0 Å². The van der Waals surface area contributed by atoms with Crippen molar-refractivity contribution in [3.05, 3.63) is 33.8 Å². The summed E-state index contributed by atoms with van der Waals surface area (Å²) in [6.07, 6.45) is 9.90. The van der Waals surface area contributed by atoms with Crippen LogP contribution in [0.3, 0.4) is 0 Å². The van der Waals surface area contributed by atoms with Gasteiger partial charge < -0.3 is 0 Å². The maximum Gasteiger partial charge on any atom is 0.0178 e. The number of fused-ring (bicyclic) bond motifs is 2. The SMILES string of the molecule is Brc1ccc2c(c1)CCC21CCCCC1. The summed E-state index contributed by atoms with van der Waals surface area (Å²) in [5.41, 5.74) is 3.85. The molecular weight excluding hydrogens is 248 g/mol. The Morgan fingerprint density at radius 2 is 1.80 bits per heavy atom. The van der Waals surface area contributed by atoms with Gasteiger partial charge in [0.15, 0.2) is 0 Å². The smallest absolute Gasteiger partial charge is 0.0178 e. The molecular formula is C14H17Br. The minimum atomic E-state index is 0.578. The zero-order valence-electron chi connectivity index (χ0n) is 9.06. The number of aryl methyl sites for hydroxylation is 1. The molecule has 1 aromatic rings. The summed E-state index contributed by atoms with van der Waals surface area (Å²) in [5, 5.41) is 0. The molecule has 80 valence electrons. The second kappa shape index (κ2) is 3.62. The van der Waals surface area contributed by atoms with E-state index in [2.05, 4.69) is 34.1 Å². The van der Waals surface area contributed by atoms with Crippen LogP contribution in [0.2, 0.25) is 0 Å². The van der Waals surface area contributed by atoms with Gasteiger partial charge in [0.05, 0.1) is 0 Å². The van der Waals surface area contributed by atoms with Crippen LogP contribution in [0.1, 0.15) is 49.7 Å². The zero-order valence-corrected chi connectivity index (χ0v) is 10.6. The van der Waals surface area contributed by atoms with E-state index in [-0.39, 0.29) is 0 Å². The molecule has 0 saturated heterocycles. The Morgan fingerprint density at radius 1 is 1.00 bits per heavy atom. The third-order valence-corrected chi connectivity index (χ3v) is 4.82. The van der Waals surface area contributed by atoms with Crippen LogP contribution in [0.5, 0.6) is 0 Å². The summed E-state index contributed by atoms with van der Waals surface area (Å²) in [5.74, 6) is 0. The number of hydrogen-bond acceptors (Lipinski definition) is 0. The van der Waals surface area contributed by atoms with Gasteiger partial charge in [-0.3, -0.25) is 0 Å². The van der Waals surface area contributed by atoms with Gasteiger partial charge in [0.1, 0.15) is 0 Å². The van der Waals surface area contributed by atoms with Crippen LogP contribution in [0.15, 0.2) is 22.7 Å². The summed E-state index contributed by atoms with van der Waals surface area (Å²) in [4.78, 5) is 0. The highest BCUT2D eigenvalue weighted by molar-refractivity contribution is 9.10. The van der Waals surface area contributed by atoms with Crippen molar-refractivity contribution in [3.8, 4) is 0 Å². The van der Waals surface area contributed by atoms with E-state index in [9.17, 15) is 0 Å². The summed E-state index contributed by atoms with van der Waals surface area (Å²) in [6, 6.07) is 6.93. The van der Waals surface area contributed by atoms with Gasteiger partial charge >= 0.3 is 0 Å². The number of hydrogen-bond donors (Lipinski definition) is 0. The molecule has 0 amide bonds. The molecule has 3 rings (SSSR count). The first-order valence-corrected chi connectivity index (χ1v) is 6.88. The Labute approximate surface area is 100 Å². The summed E-state index contributed by atoms with van der Waals surface area (Å²) in [7, 11) is 0. The van der Waals surface area contributed by atoms with Crippen molar-refractivity contribution in [3.63, 3.8) is 0 Å². The third kappa shape index (κ3) is 1.56. The van der Waals surface area contributed by atoms with E-state index in [1.165, 1.54) is 49.4 Å². The Kier molecular flexibility index (Phi) is 2.39. The topological polar surface area (TPSA) is 0 Å². The first kappa shape index (κ1) is 9.89. The fourth-order valence-corrected chi connectivity index (χ4v) is 3.95. The van der Waals surface area contributed by atoms with Crippen LogP contribution in [0, 0.1) is 0 Å². The van der Waals surface area contributed by atoms with E-state index in [0.717, 1.165) is 0 Å². The van der Waals surface area contributed by atoms with Crippen LogP contribution in [-0.4, -0.2) is 0 Å². The highest BCUT2D eigenvalue weighted by atomic mass is 79.9. The largest absolute Gasteiger partial charge is 0.0571 e. The minimum absolute atomic E-state index is 0.578. The van der Waals surface area contributed by atoms with Crippen molar-refractivity contribution in [2.45, 2.75) is 50.4 Å². The third-order valence-electron chi connectivity index (χ3n) is 4.32. The normalized spacial score (nSPS) is 23.0. The fraction of sp³-hybridized carbons (Fsp3) is 0.571. The molecule has 1 heteroatoms. The van der Waals surface area contributed by atoms with Crippen LogP contribution < -0.4 is 0 Å². The standard InChI is InChI=1S/C14H17Br/c15-12-4-5-13-11(10-12)6-9-14(13)7-2-1-3-8-14/h4-5,10H,1-3,6-9H2. The molecule has 1 aromatic carbocycles. The Balaban J connectivity index is 2.03. The fourth-order valence-electron chi connectivity index (χ4n) is 3.54. The minimum Gasteiger partial charge on any atom is -0.0571 e. The van der Waals surface area contributed by atoms with E-state index >= 15 is 0 Å². The summed E-state index contributed by atoms with van der Waals surface area (Å²) >= 11 is 3.58. The Bertz CT molecular complexity index is 375. The van der Waals surface area contributed by atoms with Gasteiger partial charge in [-0.2, -0.15) is 0 Å². The highest BCUT2D eigenvalue weighted by Gasteiger charge is 2.39. The second-order valence-electron chi connectivity index (χ2n) is 5.14. The molecule has 0 heterocycles. The molecule has 15 heavy (non-hydrogen) atoms. The molecule has 0 atom stereocenters. The first-order chi connectivity index (χ1) is 7.30. The van der Waals surface area contributed by atoms with Crippen molar-refractivity contribution in [1.29, 1.82) is 0 Å². The summed E-state index contributed by atoms with van der Waals surface area (Å²) < 4.78 is 1.24. The van der Waals surface area contributed by atoms with E-state index in [0.29, 0.717) is 5.41 Å². The number of halogens is 1. The van der Waals surface area contributed by atoms with Gasteiger partial charge in [-0.1, -0.05) is 41.3 Å². The van der Waals surface area contributed by atoms with E-state index in [1.54, 1.807) is 11.1 Å². The lowest BCUT2D eigenvalue weighted by Gasteiger charge is -2.34. The van der Waals surface area contributed by atoms with Gasteiger partial charge in [-0.15, -0.1) is 0 Å². The molecule has 0 aromatic heterocycles. The van der Waals surface area contributed by atoms with Gasteiger partial charge in [-0.05, 0) is 54.4 Å². The lowest BCUT2D eigenvalue weighted by Crippen LogP contribution is -2.25. The predicted octanol–water partition coefficient (Wildman–Crippen LogP) is 4.60. The van der Waals surface area contributed by atoms with Gasteiger partial charge in [0.25, 0.3) is 0 Å². The molecule has 0 bridgehead atoms. The molecule has 1 fully saturated rings. The maximum absolute atomic E-state index is 3.58. The lowest BCUT2D eigenvalue weighted by molar-refractivity contribution is 0.292. The van der Waals surface area contributed by atoms with Gasteiger partial charge in [-0.25, -0.2) is 0 Å². The molecule has 0 nitrogen and oxygen atoms in total. The molecule has 1 spiro atoms. The van der Waals surface area contributed by atoms with Crippen molar-refractivity contribution >= 4 is 15.9 Å². The molecule has 0 N–H and O–H groups in total. The lowest BCUT2D eigenvalue weighted by atomic mass is 9.70. The van der Waals surface area contributed by atoms with Crippen molar-refractivity contribution in [2.75, 3.05) is 0 Å². The van der Waals surface area contributed by atoms with E-state index in [1.807, 2.05) is 0 Å². The van der Waals surface area contributed by atoms with Crippen LogP contribution in [0.4, 0.5) is 0 Å². The average molecular weight is 265 g/mol. The molecule has 0 aliphatic heterocycles.